The standard InChI is InChI=1S/C13H14N2/c1-2-6-12(7-3-1)8-4-5-9-13-10-14-11-15-13/h1-3,5-7,9-11H,4,8H2,(H,14,15)/b9-5-. The van der Waals surface area contributed by atoms with Gasteiger partial charge in [0.1, 0.15) is 0 Å². The maximum absolute atomic E-state index is 3.95. The highest BCUT2D eigenvalue weighted by atomic mass is 14.8. The first-order valence-corrected chi connectivity index (χ1v) is 5.14. The third-order valence-corrected chi connectivity index (χ3v) is 2.26. The molecule has 1 aromatic carbocycles. The van der Waals surface area contributed by atoms with E-state index in [2.05, 4.69) is 46.4 Å². The Morgan fingerprint density at radius 1 is 1.20 bits per heavy atom. The Kier molecular flexibility index (Phi) is 3.34. The van der Waals surface area contributed by atoms with Gasteiger partial charge in [0, 0.05) is 0 Å². The van der Waals surface area contributed by atoms with Crippen LogP contribution in [0.4, 0.5) is 0 Å². The van der Waals surface area contributed by atoms with E-state index in [4.69, 9.17) is 0 Å². The molecule has 1 N–H and O–H groups in total. The molecule has 0 spiro atoms. The molecule has 0 amide bonds. The fourth-order valence-corrected chi connectivity index (χ4v) is 1.46. The zero-order chi connectivity index (χ0) is 10.3. The predicted molar refractivity (Wildman–Crippen MR) is 62.4 cm³/mol. The smallest absolute Gasteiger partial charge is 0.0924 e. The van der Waals surface area contributed by atoms with Crippen molar-refractivity contribution in [1.82, 2.24) is 9.97 Å². The fraction of sp³-hybridized carbons (Fsp3) is 0.154. The van der Waals surface area contributed by atoms with Gasteiger partial charge in [-0.25, -0.2) is 4.98 Å². The van der Waals surface area contributed by atoms with Gasteiger partial charge in [-0.05, 0) is 24.5 Å². The number of H-pyrrole nitrogens is 1. The molecule has 1 aromatic heterocycles. The van der Waals surface area contributed by atoms with Crippen molar-refractivity contribution in [2.45, 2.75) is 12.8 Å². The topological polar surface area (TPSA) is 28.7 Å². The van der Waals surface area contributed by atoms with Crippen LogP contribution in [-0.4, -0.2) is 9.97 Å². The van der Waals surface area contributed by atoms with E-state index in [0.29, 0.717) is 0 Å². The molecule has 2 rings (SSSR count). The van der Waals surface area contributed by atoms with Crippen LogP contribution in [0, 0.1) is 0 Å². The molecule has 0 aliphatic rings. The number of hydrogen-bond donors (Lipinski definition) is 1. The van der Waals surface area contributed by atoms with E-state index in [1.165, 1.54) is 5.56 Å². The summed E-state index contributed by atoms with van der Waals surface area (Å²) in [6.07, 6.45) is 9.89. The minimum absolute atomic E-state index is 1.06. The molecule has 0 aliphatic heterocycles. The van der Waals surface area contributed by atoms with E-state index in [9.17, 15) is 0 Å². The molecule has 0 atom stereocenters. The summed E-state index contributed by atoms with van der Waals surface area (Å²) in [6, 6.07) is 10.5. The molecular weight excluding hydrogens is 184 g/mol. The molecule has 0 fully saturated rings. The molecule has 0 unspecified atom stereocenters. The number of benzene rings is 1. The van der Waals surface area contributed by atoms with Gasteiger partial charge in [-0.3, -0.25) is 0 Å². The Labute approximate surface area is 89.7 Å². The number of nitrogens with one attached hydrogen (secondary N) is 1. The lowest BCUT2D eigenvalue weighted by atomic mass is 10.1. The summed E-state index contributed by atoms with van der Waals surface area (Å²) in [7, 11) is 0. The lowest BCUT2D eigenvalue weighted by Gasteiger charge is -1.95. The minimum atomic E-state index is 1.06. The molecule has 2 aromatic rings. The molecule has 0 aliphatic carbocycles. The second kappa shape index (κ2) is 5.15. The quantitative estimate of drug-likeness (QED) is 0.803. The van der Waals surface area contributed by atoms with Crippen molar-refractivity contribution < 1.29 is 0 Å². The number of allylic oxidation sites excluding steroid dienone is 1. The van der Waals surface area contributed by atoms with Gasteiger partial charge in [-0.15, -0.1) is 0 Å². The number of imidazole rings is 1. The molecule has 15 heavy (non-hydrogen) atoms. The highest BCUT2D eigenvalue weighted by Crippen LogP contribution is 2.04. The summed E-state index contributed by atoms with van der Waals surface area (Å²) in [5.41, 5.74) is 2.44. The van der Waals surface area contributed by atoms with Crippen LogP contribution in [0.1, 0.15) is 17.7 Å². The van der Waals surface area contributed by atoms with Crippen molar-refractivity contribution in [2.75, 3.05) is 0 Å². The number of aryl methyl sites for hydroxylation is 1. The SMILES string of the molecule is C(=C/c1cnc[nH]1)/CCc1ccccc1. The second-order valence-corrected chi connectivity index (χ2v) is 3.43. The fourth-order valence-electron chi connectivity index (χ4n) is 1.46. The summed E-state index contributed by atoms with van der Waals surface area (Å²) >= 11 is 0. The summed E-state index contributed by atoms with van der Waals surface area (Å²) < 4.78 is 0. The lowest BCUT2D eigenvalue weighted by Crippen LogP contribution is -1.81. The van der Waals surface area contributed by atoms with Crippen LogP contribution in [0.5, 0.6) is 0 Å². The number of hydrogen-bond acceptors (Lipinski definition) is 1. The van der Waals surface area contributed by atoms with Crippen molar-refractivity contribution in [2.24, 2.45) is 0 Å². The number of aromatic nitrogens is 2. The monoisotopic (exact) mass is 198 g/mol. The van der Waals surface area contributed by atoms with E-state index in [-0.39, 0.29) is 0 Å². The molecule has 0 radical (unpaired) electrons. The average molecular weight is 198 g/mol. The summed E-state index contributed by atoms with van der Waals surface area (Å²) in [6.45, 7) is 0. The normalized spacial score (nSPS) is 10.9. The van der Waals surface area contributed by atoms with Crippen LogP contribution in [0.15, 0.2) is 48.9 Å². The van der Waals surface area contributed by atoms with E-state index in [1.807, 2.05) is 12.3 Å². The van der Waals surface area contributed by atoms with Crippen molar-refractivity contribution >= 4 is 6.08 Å². The van der Waals surface area contributed by atoms with Crippen LogP contribution in [-0.2, 0) is 6.42 Å². The molecule has 2 heteroatoms. The average Bonchev–Trinajstić information content (AvgIpc) is 2.79. The minimum Gasteiger partial charge on any atom is -0.345 e. The van der Waals surface area contributed by atoms with Gasteiger partial charge in [-0.2, -0.15) is 0 Å². The van der Waals surface area contributed by atoms with Gasteiger partial charge in [-0.1, -0.05) is 36.4 Å². The Bertz CT molecular complexity index is 401. The largest absolute Gasteiger partial charge is 0.345 e. The van der Waals surface area contributed by atoms with Gasteiger partial charge >= 0.3 is 0 Å². The van der Waals surface area contributed by atoms with Gasteiger partial charge in [0.15, 0.2) is 0 Å². The van der Waals surface area contributed by atoms with Crippen molar-refractivity contribution in [3.63, 3.8) is 0 Å². The summed E-state index contributed by atoms with van der Waals surface area (Å²) in [4.78, 5) is 6.99. The lowest BCUT2D eigenvalue weighted by molar-refractivity contribution is 1.01. The summed E-state index contributed by atoms with van der Waals surface area (Å²) in [5, 5.41) is 0. The van der Waals surface area contributed by atoms with Gasteiger partial charge in [0.2, 0.25) is 0 Å². The van der Waals surface area contributed by atoms with Crippen LogP contribution in [0.3, 0.4) is 0 Å². The number of nitrogens with zero attached hydrogens (tertiary/aromatic N) is 1. The number of rotatable bonds is 4. The van der Waals surface area contributed by atoms with Gasteiger partial charge in [0.25, 0.3) is 0 Å². The van der Waals surface area contributed by atoms with Crippen LogP contribution >= 0.6 is 0 Å². The zero-order valence-corrected chi connectivity index (χ0v) is 8.56. The first-order valence-electron chi connectivity index (χ1n) is 5.14. The second-order valence-electron chi connectivity index (χ2n) is 3.43. The molecule has 0 bridgehead atoms. The Morgan fingerprint density at radius 2 is 2.07 bits per heavy atom. The van der Waals surface area contributed by atoms with Crippen LogP contribution in [0.2, 0.25) is 0 Å². The molecular formula is C13H14N2. The predicted octanol–water partition coefficient (Wildman–Crippen LogP) is 3.06. The Balaban J connectivity index is 1.80. The summed E-state index contributed by atoms with van der Waals surface area (Å²) in [5.74, 6) is 0. The molecule has 0 saturated heterocycles. The van der Waals surface area contributed by atoms with Crippen LogP contribution in [0.25, 0.3) is 6.08 Å². The Morgan fingerprint density at radius 3 is 2.80 bits per heavy atom. The van der Waals surface area contributed by atoms with E-state index in [1.54, 1.807) is 6.33 Å². The zero-order valence-electron chi connectivity index (χ0n) is 8.56. The molecule has 76 valence electrons. The van der Waals surface area contributed by atoms with E-state index < -0.39 is 0 Å². The molecule has 0 saturated carbocycles. The van der Waals surface area contributed by atoms with E-state index in [0.717, 1.165) is 18.5 Å². The highest BCUT2D eigenvalue weighted by molar-refractivity contribution is 5.42. The maximum atomic E-state index is 3.95. The molecule has 1 heterocycles. The third kappa shape index (κ3) is 3.09. The third-order valence-electron chi connectivity index (χ3n) is 2.26. The van der Waals surface area contributed by atoms with Gasteiger partial charge < -0.3 is 4.98 Å². The maximum Gasteiger partial charge on any atom is 0.0924 e. The molecule has 2 nitrogen and oxygen atoms in total. The van der Waals surface area contributed by atoms with E-state index >= 15 is 0 Å². The Hall–Kier alpha value is -1.83. The van der Waals surface area contributed by atoms with Gasteiger partial charge in [0.05, 0.1) is 18.2 Å². The van der Waals surface area contributed by atoms with Crippen LogP contribution < -0.4 is 0 Å². The number of aromatic amines is 1. The highest BCUT2D eigenvalue weighted by Gasteiger charge is 1.89. The first-order chi connectivity index (χ1) is 7.45. The van der Waals surface area contributed by atoms with Crippen molar-refractivity contribution in [1.29, 1.82) is 0 Å². The first kappa shape index (κ1) is 9.71. The van der Waals surface area contributed by atoms with Crippen molar-refractivity contribution in [3.8, 4) is 0 Å². The van der Waals surface area contributed by atoms with Crippen molar-refractivity contribution in [3.05, 3.63) is 60.2 Å².